The Kier molecular flexibility index (Phi) is 5.45. The van der Waals surface area contributed by atoms with Gasteiger partial charge in [-0.25, -0.2) is 21.6 Å². The number of sulfone groups is 1. The molecule has 2 aromatic rings. The standard InChI is InChI=1S/C18H18N2O5S2/c21-18(20-16-10-11-26(22,23)13-16)15-8-6-14(7-9-15)12-19-27(24,25)17-4-2-1-3-5-17/h1-11,16,19H,12-13H2,(H,20,21). The summed E-state index contributed by atoms with van der Waals surface area (Å²) in [5.74, 6) is -0.531. The third kappa shape index (κ3) is 5.03. The number of nitrogens with one attached hydrogen (secondary N) is 2. The maximum absolute atomic E-state index is 12.2. The molecule has 27 heavy (non-hydrogen) atoms. The van der Waals surface area contributed by atoms with Crippen LogP contribution in [-0.2, 0) is 26.4 Å². The van der Waals surface area contributed by atoms with Crippen LogP contribution in [0, 0.1) is 0 Å². The number of rotatable bonds is 6. The van der Waals surface area contributed by atoms with Gasteiger partial charge in [-0.3, -0.25) is 4.79 Å². The SMILES string of the molecule is O=C(NC1C=CS(=O)(=O)C1)c1ccc(CNS(=O)(=O)c2ccccc2)cc1. The van der Waals surface area contributed by atoms with Gasteiger partial charge in [0.15, 0.2) is 9.84 Å². The van der Waals surface area contributed by atoms with Gasteiger partial charge >= 0.3 is 0 Å². The van der Waals surface area contributed by atoms with E-state index in [2.05, 4.69) is 10.0 Å². The van der Waals surface area contributed by atoms with Crippen molar-refractivity contribution >= 4 is 25.8 Å². The van der Waals surface area contributed by atoms with Crippen molar-refractivity contribution in [3.05, 3.63) is 77.2 Å². The van der Waals surface area contributed by atoms with Crippen molar-refractivity contribution in [2.45, 2.75) is 17.5 Å². The highest BCUT2D eigenvalue weighted by atomic mass is 32.2. The highest BCUT2D eigenvalue weighted by molar-refractivity contribution is 7.94. The van der Waals surface area contributed by atoms with Crippen LogP contribution in [0.1, 0.15) is 15.9 Å². The summed E-state index contributed by atoms with van der Waals surface area (Å²) in [4.78, 5) is 12.4. The highest BCUT2D eigenvalue weighted by Gasteiger charge is 2.23. The normalized spacial score (nSPS) is 18.3. The molecule has 1 aliphatic heterocycles. The van der Waals surface area contributed by atoms with Crippen LogP contribution in [-0.4, -0.2) is 34.5 Å². The third-order valence-corrected chi connectivity index (χ3v) is 6.80. The lowest BCUT2D eigenvalue weighted by Gasteiger charge is -2.11. The van der Waals surface area contributed by atoms with Gasteiger partial charge in [-0.05, 0) is 35.9 Å². The Balaban J connectivity index is 1.59. The zero-order valence-electron chi connectivity index (χ0n) is 14.2. The van der Waals surface area contributed by atoms with E-state index in [1.165, 1.54) is 18.2 Å². The van der Waals surface area contributed by atoms with Crippen LogP contribution in [0.4, 0.5) is 0 Å². The summed E-state index contributed by atoms with van der Waals surface area (Å²) in [6.45, 7) is 0.0860. The molecule has 2 aromatic carbocycles. The van der Waals surface area contributed by atoms with Crippen LogP contribution < -0.4 is 10.0 Å². The van der Waals surface area contributed by atoms with E-state index in [4.69, 9.17) is 0 Å². The first-order valence-electron chi connectivity index (χ1n) is 8.11. The van der Waals surface area contributed by atoms with Crippen molar-refractivity contribution in [3.63, 3.8) is 0 Å². The van der Waals surface area contributed by atoms with Crippen molar-refractivity contribution in [1.29, 1.82) is 0 Å². The van der Waals surface area contributed by atoms with Crippen molar-refractivity contribution in [2.24, 2.45) is 0 Å². The smallest absolute Gasteiger partial charge is 0.251 e. The molecule has 0 radical (unpaired) electrons. The van der Waals surface area contributed by atoms with Gasteiger partial charge in [0.2, 0.25) is 10.0 Å². The van der Waals surface area contributed by atoms with E-state index in [-0.39, 0.29) is 17.2 Å². The number of sulfonamides is 1. The van der Waals surface area contributed by atoms with E-state index in [9.17, 15) is 21.6 Å². The molecule has 1 amide bonds. The second-order valence-corrected chi connectivity index (χ2v) is 9.77. The summed E-state index contributed by atoms with van der Waals surface area (Å²) in [5.41, 5.74) is 1.05. The quantitative estimate of drug-likeness (QED) is 0.749. The predicted molar refractivity (Wildman–Crippen MR) is 101 cm³/mol. The van der Waals surface area contributed by atoms with Crippen LogP contribution in [0.3, 0.4) is 0 Å². The van der Waals surface area contributed by atoms with E-state index in [0.29, 0.717) is 11.1 Å². The highest BCUT2D eigenvalue weighted by Crippen LogP contribution is 2.11. The fourth-order valence-corrected chi connectivity index (χ4v) is 4.83. The van der Waals surface area contributed by atoms with E-state index in [1.807, 2.05) is 0 Å². The number of hydrogen-bond donors (Lipinski definition) is 2. The van der Waals surface area contributed by atoms with Crippen molar-refractivity contribution < 1.29 is 21.6 Å². The van der Waals surface area contributed by atoms with Crippen LogP contribution >= 0.6 is 0 Å². The first-order valence-corrected chi connectivity index (χ1v) is 11.3. The second-order valence-electron chi connectivity index (χ2n) is 6.07. The van der Waals surface area contributed by atoms with Gasteiger partial charge in [-0.2, -0.15) is 0 Å². The van der Waals surface area contributed by atoms with Crippen molar-refractivity contribution in [2.75, 3.05) is 5.75 Å². The molecule has 1 heterocycles. The minimum Gasteiger partial charge on any atom is -0.345 e. The molecule has 3 rings (SSSR count). The van der Waals surface area contributed by atoms with Gasteiger partial charge in [0, 0.05) is 17.5 Å². The fourth-order valence-electron chi connectivity index (χ4n) is 2.55. The summed E-state index contributed by atoms with van der Waals surface area (Å²) in [5, 5.41) is 3.73. The Bertz CT molecular complexity index is 1060. The van der Waals surface area contributed by atoms with Gasteiger partial charge in [0.1, 0.15) is 0 Å². The molecule has 0 saturated heterocycles. The number of hydrogen-bond acceptors (Lipinski definition) is 5. The number of carbonyl (C=O) groups excluding carboxylic acids is 1. The van der Waals surface area contributed by atoms with Gasteiger partial charge in [0.25, 0.3) is 5.91 Å². The summed E-state index contributed by atoms with van der Waals surface area (Å²) in [6.07, 6.45) is 1.44. The summed E-state index contributed by atoms with van der Waals surface area (Å²) >= 11 is 0. The molecule has 1 aliphatic rings. The van der Waals surface area contributed by atoms with Gasteiger partial charge in [-0.1, -0.05) is 30.3 Å². The van der Waals surface area contributed by atoms with Crippen LogP contribution in [0.2, 0.25) is 0 Å². The van der Waals surface area contributed by atoms with Crippen molar-refractivity contribution in [1.82, 2.24) is 10.0 Å². The van der Waals surface area contributed by atoms with Crippen LogP contribution in [0.15, 0.2) is 71.0 Å². The fraction of sp³-hybridized carbons (Fsp3) is 0.167. The number of benzene rings is 2. The Morgan fingerprint density at radius 2 is 1.70 bits per heavy atom. The van der Waals surface area contributed by atoms with Crippen LogP contribution in [0.5, 0.6) is 0 Å². The van der Waals surface area contributed by atoms with E-state index in [0.717, 1.165) is 5.41 Å². The molecule has 0 aromatic heterocycles. The zero-order chi connectivity index (χ0) is 19.5. The number of carbonyl (C=O) groups is 1. The lowest BCUT2D eigenvalue weighted by molar-refractivity contribution is 0.0947. The van der Waals surface area contributed by atoms with E-state index >= 15 is 0 Å². The summed E-state index contributed by atoms with van der Waals surface area (Å²) < 4.78 is 49.6. The molecule has 142 valence electrons. The van der Waals surface area contributed by atoms with Crippen LogP contribution in [0.25, 0.3) is 0 Å². The first kappa shape index (κ1) is 19.3. The minimum absolute atomic E-state index is 0.0860. The summed E-state index contributed by atoms with van der Waals surface area (Å²) in [7, 11) is -6.84. The molecular formula is C18H18N2O5S2. The molecule has 7 nitrogen and oxygen atoms in total. The van der Waals surface area contributed by atoms with E-state index < -0.39 is 31.8 Å². The largest absolute Gasteiger partial charge is 0.345 e. The lowest BCUT2D eigenvalue weighted by atomic mass is 10.1. The average molecular weight is 406 g/mol. The van der Waals surface area contributed by atoms with E-state index in [1.54, 1.807) is 42.5 Å². The van der Waals surface area contributed by atoms with Gasteiger partial charge < -0.3 is 5.32 Å². The zero-order valence-corrected chi connectivity index (χ0v) is 15.8. The Labute approximate surface area is 158 Å². The topological polar surface area (TPSA) is 109 Å². The molecule has 1 unspecified atom stereocenters. The minimum atomic E-state index is -3.61. The molecule has 1 atom stereocenters. The Morgan fingerprint density at radius 3 is 2.30 bits per heavy atom. The monoisotopic (exact) mass is 406 g/mol. The second kappa shape index (κ2) is 7.63. The molecule has 2 N–H and O–H groups in total. The molecule has 0 aliphatic carbocycles. The maximum atomic E-state index is 12.2. The Morgan fingerprint density at radius 1 is 1.04 bits per heavy atom. The van der Waals surface area contributed by atoms with Gasteiger partial charge in [-0.15, -0.1) is 0 Å². The van der Waals surface area contributed by atoms with Gasteiger partial charge in [0.05, 0.1) is 16.7 Å². The summed E-state index contributed by atoms with van der Waals surface area (Å²) in [6, 6.07) is 13.9. The molecular weight excluding hydrogens is 388 g/mol. The molecule has 0 bridgehead atoms. The molecule has 0 saturated carbocycles. The molecule has 0 fully saturated rings. The lowest BCUT2D eigenvalue weighted by Crippen LogP contribution is -2.35. The maximum Gasteiger partial charge on any atom is 0.251 e. The third-order valence-electron chi connectivity index (χ3n) is 3.98. The molecule has 0 spiro atoms. The molecule has 9 heteroatoms. The first-order chi connectivity index (χ1) is 12.8. The predicted octanol–water partition coefficient (Wildman–Crippen LogP) is 1.21. The number of amides is 1. The van der Waals surface area contributed by atoms with Crippen molar-refractivity contribution in [3.8, 4) is 0 Å². The Hall–Kier alpha value is -2.49. The average Bonchev–Trinajstić information content (AvgIpc) is 2.99.